The lowest BCUT2D eigenvalue weighted by Gasteiger charge is -2.33. The third-order valence-electron chi connectivity index (χ3n) is 4.36. The molecule has 0 radical (unpaired) electrons. The molecule has 0 aliphatic carbocycles. The molecule has 1 unspecified atom stereocenters. The Labute approximate surface area is 121 Å². The van der Waals surface area contributed by atoms with Gasteiger partial charge in [-0.05, 0) is 25.8 Å². The van der Waals surface area contributed by atoms with Gasteiger partial charge in [0.2, 0.25) is 5.91 Å². The highest BCUT2D eigenvalue weighted by Crippen LogP contribution is 2.18. The molecule has 0 saturated carbocycles. The number of rotatable bonds is 4. The van der Waals surface area contributed by atoms with Crippen LogP contribution in [0.4, 0.5) is 0 Å². The van der Waals surface area contributed by atoms with Gasteiger partial charge in [-0.25, -0.2) is 8.42 Å². The van der Waals surface area contributed by atoms with Gasteiger partial charge in [-0.2, -0.15) is 0 Å². The summed E-state index contributed by atoms with van der Waals surface area (Å²) in [6.07, 6.45) is 2.36. The van der Waals surface area contributed by atoms with Crippen LogP contribution in [0.25, 0.3) is 0 Å². The maximum Gasteiger partial charge on any atom is 0.236 e. The fourth-order valence-corrected chi connectivity index (χ4v) is 4.75. The van der Waals surface area contributed by atoms with Crippen molar-refractivity contribution in [2.24, 2.45) is 5.73 Å². The van der Waals surface area contributed by atoms with E-state index in [9.17, 15) is 13.2 Å². The highest BCUT2D eigenvalue weighted by Gasteiger charge is 2.33. The van der Waals surface area contributed by atoms with Crippen LogP contribution in [0, 0.1) is 0 Å². The van der Waals surface area contributed by atoms with E-state index in [1.807, 2.05) is 16.7 Å². The summed E-state index contributed by atoms with van der Waals surface area (Å²) in [4.78, 5) is 16.1. The maximum atomic E-state index is 12.3. The summed E-state index contributed by atoms with van der Waals surface area (Å²) in [7, 11) is -2.90. The number of nitrogens with two attached hydrogens (primary N) is 1. The number of hydrogen-bond donors (Lipinski definition) is 1. The number of hydrogen-bond acceptors (Lipinski definition) is 5. The minimum Gasteiger partial charge on any atom is -0.341 e. The van der Waals surface area contributed by atoms with Crippen molar-refractivity contribution < 1.29 is 13.2 Å². The SMILES string of the molecule is CCN(CC(=O)N1CCC(N)CC1)C1CCS(=O)(=O)C1. The Morgan fingerprint density at radius 2 is 1.95 bits per heavy atom. The van der Waals surface area contributed by atoms with Crippen LogP contribution in [-0.2, 0) is 14.6 Å². The summed E-state index contributed by atoms with van der Waals surface area (Å²) in [5.74, 6) is 0.544. The first-order valence-corrected chi connectivity index (χ1v) is 9.21. The van der Waals surface area contributed by atoms with Gasteiger partial charge in [0.05, 0.1) is 18.1 Å². The number of likely N-dealkylation sites (tertiary alicyclic amines) is 1. The fraction of sp³-hybridized carbons (Fsp3) is 0.923. The third-order valence-corrected chi connectivity index (χ3v) is 6.11. The Bertz CT molecular complexity index is 444. The topological polar surface area (TPSA) is 83.7 Å². The minimum atomic E-state index is -2.90. The molecular weight excluding hydrogens is 278 g/mol. The Balaban J connectivity index is 1.88. The molecular formula is C13H25N3O3S. The summed E-state index contributed by atoms with van der Waals surface area (Å²) in [6, 6.07) is 0.210. The summed E-state index contributed by atoms with van der Waals surface area (Å²) in [6.45, 7) is 4.45. The van der Waals surface area contributed by atoms with Gasteiger partial charge in [0, 0.05) is 25.2 Å². The minimum absolute atomic E-state index is 0.000924. The van der Waals surface area contributed by atoms with E-state index in [1.54, 1.807) is 0 Å². The lowest BCUT2D eigenvalue weighted by Crippen LogP contribution is -2.48. The van der Waals surface area contributed by atoms with E-state index in [4.69, 9.17) is 5.73 Å². The van der Waals surface area contributed by atoms with E-state index in [0.717, 1.165) is 25.9 Å². The lowest BCUT2D eigenvalue weighted by atomic mass is 10.1. The van der Waals surface area contributed by atoms with Gasteiger partial charge in [-0.15, -0.1) is 0 Å². The Morgan fingerprint density at radius 3 is 2.45 bits per heavy atom. The molecule has 2 aliphatic heterocycles. The average Bonchev–Trinajstić information content (AvgIpc) is 2.76. The van der Waals surface area contributed by atoms with E-state index >= 15 is 0 Å². The van der Waals surface area contributed by atoms with Crippen LogP contribution in [0.2, 0.25) is 0 Å². The summed E-state index contributed by atoms with van der Waals surface area (Å²) < 4.78 is 23.1. The third kappa shape index (κ3) is 3.93. The molecule has 0 aromatic heterocycles. The van der Waals surface area contributed by atoms with E-state index in [1.165, 1.54) is 0 Å². The van der Waals surface area contributed by atoms with Gasteiger partial charge in [-0.3, -0.25) is 9.69 Å². The van der Waals surface area contributed by atoms with Crippen molar-refractivity contribution in [3.63, 3.8) is 0 Å². The Kier molecular flexibility index (Phi) is 5.04. The number of likely N-dealkylation sites (N-methyl/N-ethyl adjacent to an activating group) is 1. The van der Waals surface area contributed by atoms with Crippen LogP contribution in [0.1, 0.15) is 26.2 Å². The summed E-state index contributed by atoms with van der Waals surface area (Å²) in [5, 5.41) is 0. The van der Waals surface area contributed by atoms with Crippen molar-refractivity contribution in [1.29, 1.82) is 0 Å². The Hall–Kier alpha value is -0.660. The van der Waals surface area contributed by atoms with Crippen LogP contribution < -0.4 is 5.73 Å². The normalized spacial score (nSPS) is 27.1. The molecule has 2 heterocycles. The van der Waals surface area contributed by atoms with Crippen LogP contribution in [0.5, 0.6) is 0 Å². The predicted octanol–water partition coefficient (Wildman–Crippen LogP) is -0.555. The zero-order chi connectivity index (χ0) is 14.8. The number of sulfone groups is 1. The van der Waals surface area contributed by atoms with E-state index in [-0.39, 0.29) is 29.5 Å². The highest BCUT2D eigenvalue weighted by molar-refractivity contribution is 7.91. The molecule has 1 amide bonds. The van der Waals surface area contributed by atoms with E-state index < -0.39 is 9.84 Å². The molecule has 2 rings (SSSR count). The monoisotopic (exact) mass is 303 g/mol. The lowest BCUT2D eigenvalue weighted by molar-refractivity contribution is -0.133. The van der Waals surface area contributed by atoms with Gasteiger partial charge < -0.3 is 10.6 Å². The zero-order valence-corrected chi connectivity index (χ0v) is 12.9. The highest BCUT2D eigenvalue weighted by atomic mass is 32.2. The zero-order valence-electron chi connectivity index (χ0n) is 12.1. The van der Waals surface area contributed by atoms with Gasteiger partial charge >= 0.3 is 0 Å². The molecule has 2 N–H and O–H groups in total. The van der Waals surface area contributed by atoms with Crippen molar-refractivity contribution in [3.8, 4) is 0 Å². The second-order valence-corrected chi connectivity index (χ2v) is 8.07. The molecule has 0 aromatic carbocycles. The molecule has 116 valence electrons. The standard InChI is InChI=1S/C13H25N3O3S/c1-2-15(12-5-8-20(18,19)10-12)9-13(17)16-6-3-11(14)4-7-16/h11-12H,2-10,14H2,1H3. The predicted molar refractivity (Wildman–Crippen MR) is 78.1 cm³/mol. The van der Waals surface area contributed by atoms with Gasteiger partial charge in [0.1, 0.15) is 0 Å². The number of carbonyl (C=O) groups excluding carboxylic acids is 1. The van der Waals surface area contributed by atoms with Gasteiger partial charge in [0.25, 0.3) is 0 Å². The fourth-order valence-electron chi connectivity index (χ4n) is 2.99. The first-order valence-electron chi connectivity index (χ1n) is 7.39. The second kappa shape index (κ2) is 6.41. The van der Waals surface area contributed by atoms with Crippen molar-refractivity contribution >= 4 is 15.7 Å². The summed E-state index contributed by atoms with van der Waals surface area (Å²) >= 11 is 0. The Morgan fingerprint density at radius 1 is 1.30 bits per heavy atom. The van der Waals surface area contributed by atoms with Crippen molar-refractivity contribution in [2.45, 2.75) is 38.3 Å². The van der Waals surface area contributed by atoms with Gasteiger partial charge in [-0.1, -0.05) is 6.92 Å². The van der Waals surface area contributed by atoms with Crippen molar-refractivity contribution in [2.75, 3.05) is 37.7 Å². The first-order chi connectivity index (χ1) is 9.41. The van der Waals surface area contributed by atoms with Crippen molar-refractivity contribution in [3.05, 3.63) is 0 Å². The molecule has 2 fully saturated rings. The van der Waals surface area contributed by atoms with Crippen LogP contribution >= 0.6 is 0 Å². The van der Waals surface area contributed by atoms with Crippen LogP contribution in [0.15, 0.2) is 0 Å². The smallest absolute Gasteiger partial charge is 0.236 e. The molecule has 0 spiro atoms. The molecule has 1 atom stereocenters. The largest absolute Gasteiger partial charge is 0.341 e. The average molecular weight is 303 g/mol. The summed E-state index contributed by atoms with van der Waals surface area (Å²) in [5.41, 5.74) is 5.84. The molecule has 7 heteroatoms. The number of piperidine rings is 1. The number of carbonyl (C=O) groups is 1. The van der Waals surface area contributed by atoms with E-state index in [0.29, 0.717) is 19.5 Å². The first kappa shape index (κ1) is 15.7. The van der Waals surface area contributed by atoms with Crippen LogP contribution in [-0.4, -0.2) is 73.9 Å². The van der Waals surface area contributed by atoms with Crippen molar-refractivity contribution in [1.82, 2.24) is 9.80 Å². The number of amides is 1. The number of nitrogens with zero attached hydrogens (tertiary/aromatic N) is 2. The second-order valence-electron chi connectivity index (χ2n) is 5.84. The molecule has 20 heavy (non-hydrogen) atoms. The molecule has 0 bridgehead atoms. The molecule has 6 nitrogen and oxygen atoms in total. The van der Waals surface area contributed by atoms with E-state index in [2.05, 4.69) is 0 Å². The van der Waals surface area contributed by atoms with Crippen LogP contribution in [0.3, 0.4) is 0 Å². The molecule has 2 aliphatic rings. The molecule has 2 saturated heterocycles. The maximum absolute atomic E-state index is 12.3. The van der Waals surface area contributed by atoms with Gasteiger partial charge in [0.15, 0.2) is 9.84 Å². The quantitative estimate of drug-likeness (QED) is 0.753. The molecule has 0 aromatic rings.